The van der Waals surface area contributed by atoms with Crippen LogP contribution in [0.2, 0.25) is 0 Å². The number of carbonyl (C=O) groups is 1. The van der Waals surface area contributed by atoms with Crippen LogP contribution >= 0.6 is 31.9 Å². The molecule has 0 aliphatic carbocycles. The molecule has 17 heavy (non-hydrogen) atoms. The van der Waals surface area contributed by atoms with Gasteiger partial charge in [0.05, 0.1) is 12.7 Å². The average molecular weight is 365 g/mol. The molecule has 0 heterocycles. The summed E-state index contributed by atoms with van der Waals surface area (Å²) in [6.07, 6.45) is 0.896. The zero-order valence-electron chi connectivity index (χ0n) is 9.80. The lowest BCUT2D eigenvalue weighted by Crippen LogP contribution is -2.26. The Bertz CT molecular complexity index is 394. The minimum absolute atomic E-state index is 0.0936. The molecule has 1 N–H and O–H groups in total. The quantitative estimate of drug-likeness (QED) is 0.813. The van der Waals surface area contributed by atoms with Crippen LogP contribution in [0, 0.1) is 0 Å². The third kappa shape index (κ3) is 4.68. The smallest absolute Gasteiger partial charge is 0.252 e. The Morgan fingerprint density at radius 2 is 2.24 bits per heavy atom. The zero-order chi connectivity index (χ0) is 12.8. The van der Waals surface area contributed by atoms with Crippen molar-refractivity contribution in [1.82, 2.24) is 5.32 Å². The van der Waals surface area contributed by atoms with Gasteiger partial charge in [-0.3, -0.25) is 4.79 Å². The molecule has 0 saturated heterocycles. The molecular weight excluding hydrogens is 350 g/mol. The summed E-state index contributed by atoms with van der Waals surface area (Å²) in [5.74, 6) is 0.580. The SMILES string of the molecule is COc1ccc(Br)c(C(=O)NCCC(C)Br)c1. The summed E-state index contributed by atoms with van der Waals surface area (Å²) in [6.45, 7) is 2.70. The minimum atomic E-state index is -0.0936. The molecule has 1 atom stereocenters. The summed E-state index contributed by atoms with van der Waals surface area (Å²) in [6, 6.07) is 5.33. The molecule has 94 valence electrons. The van der Waals surface area contributed by atoms with E-state index in [9.17, 15) is 4.79 Å². The standard InChI is InChI=1S/C12H15Br2NO2/c1-8(13)5-6-15-12(16)10-7-9(17-2)3-4-11(10)14/h3-4,7-8H,5-6H2,1-2H3,(H,15,16). The number of hydrogen-bond acceptors (Lipinski definition) is 2. The molecule has 0 aromatic heterocycles. The van der Waals surface area contributed by atoms with Crippen molar-refractivity contribution < 1.29 is 9.53 Å². The van der Waals surface area contributed by atoms with E-state index in [1.807, 2.05) is 6.92 Å². The molecule has 1 aromatic carbocycles. The fourth-order valence-corrected chi connectivity index (χ4v) is 1.94. The van der Waals surface area contributed by atoms with Crippen LogP contribution in [0.3, 0.4) is 0 Å². The van der Waals surface area contributed by atoms with E-state index in [1.165, 1.54) is 0 Å². The van der Waals surface area contributed by atoms with Gasteiger partial charge in [0.25, 0.3) is 5.91 Å². The Kier molecular flexibility index (Phi) is 5.98. The third-order valence-electron chi connectivity index (χ3n) is 2.25. The molecular formula is C12H15Br2NO2. The summed E-state index contributed by atoms with van der Waals surface area (Å²) >= 11 is 6.79. The summed E-state index contributed by atoms with van der Waals surface area (Å²) in [5.41, 5.74) is 0.589. The predicted molar refractivity (Wildman–Crippen MR) is 76.0 cm³/mol. The first kappa shape index (κ1) is 14.5. The van der Waals surface area contributed by atoms with Gasteiger partial charge in [-0.1, -0.05) is 22.9 Å². The molecule has 1 aromatic rings. The van der Waals surface area contributed by atoms with Gasteiger partial charge in [-0.15, -0.1) is 0 Å². The van der Waals surface area contributed by atoms with Gasteiger partial charge in [-0.25, -0.2) is 0 Å². The minimum Gasteiger partial charge on any atom is -0.497 e. The lowest BCUT2D eigenvalue weighted by molar-refractivity contribution is 0.0952. The molecule has 3 nitrogen and oxygen atoms in total. The number of amides is 1. The van der Waals surface area contributed by atoms with E-state index in [-0.39, 0.29) is 5.91 Å². The van der Waals surface area contributed by atoms with E-state index in [4.69, 9.17) is 4.74 Å². The predicted octanol–water partition coefficient (Wildman–Crippen LogP) is 3.36. The van der Waals surface area contributed by atoms with Gasteiger partial charge < -0.3 is 10.1 Å². The molecule has 5 heteroatoms. The van der Waals surface area contributed by atoms with Gasteiger partial charge in [-0.2, -0.15) is 0 Å². The normalized spacial score (nSPS) is 12.0. The molecule has 0 bridgehead atoms. The van der Waals surface area contributed by atoms with Crippen LogP contribution in [0.4, 0.5) is 0 Å². The Morgan fingerprint density at radius 1 is 1.53 bits per heavy atom. The van der Waals surface area contributed by atoms with Crippen LogP contribution in [0.5, 0.6) is 5.75 Å². The highest BCUT2D eigenvalue weighted by atomic mass is 79.9. The number of carbonyl (C=O) groups excluding carboxylic acids is 1. The largest absolute Gasteiger partial charge is 0.497 e. The third-order valence-corrected chi connectivity index (χ3v) is 3.40. The number of alkyl halides is 1. The number of nitrogens with one attached hydrogen (secondary N) is 1. The van der Waals surface area contributed by atoms with Crippen LogP contribution in [0.25, 0.3) is 0 Å². The molecule has 0 saturated carbocycles. The molecule has 1 amide bonds. The van der Waals surface area contributed by atoms with Crippen molar-refractivity contribution >= 4 is 37.8 Å². The fourth-order valence-electron chi connectivity index (χ4n) is 1.29. The van der Waals surface area contributed by atoms with Crippen molar-refractivity contribution in [2.45, 2.75) is 18.2 Å². The Balaban J connectivity index is 2.67. The maximum atomic E-state index is 11.9. The molecule has 0 aliphatic rings. The van der Waals surface area contributed by atoms with E-state index >= 15 is 0 Å². The van der Waals surface area contributed by atoms with Crippen LogP contribution in [0.15, 0.2) is 22.7 Å². The Labute approximate surface area is 118 Å². The highest BCUT2D eigenvalue weighted by molar-refractivity contribution is 9.10. The van der Waals surface area contributed by atoms with Crippen molar-refractivity contribution in [2.75, 3.05) is 13.7 Å². The summed E-state index contributed by atoms with van der Waals surface area (Å²) in [7, 11) is 1.58. The highest BCUT2D eigenvalue weighted by Gasteiger charge is 2.11. The fraction of sp³-hybridized carbons (Fsp3) is 0.417. The molecule has 0 spiro atoms. The maximum absolute atomic E-state index is 11.9. The second-order valence-electron chi connectivity index (χ2n) is 3.67. The number of halogens is 2. The molecule has 1 unspecified atom stereocenters. The molecule has 0 radical (unpaired) electrons. The number of benzene rings is 1. The van der Waals surface area contributed by atoms with Gasteiger partial charge in [0.1, 0.15) is 5.75 Å². The number of ether oxygens (including phenoxy) is 1. The maximum Gasteiger partial charge on any atom is 0.252 e. The lowest BCUT2D eigenvalue weighted by atomic mass is 10.2. The van der Waals surface area contributed by atoms with Crippen molar-refractivity contribution in [1.29, 1.82) is 0 Å². The van der Waals surface area contributed by atoms with Crippen molar-refractivity contribution in [3.63, 3.8) is 0 Å². The monoisotopic (exact) mass is 363 g/mol. The highest BCUT2D eigenvalue weighted by Crippen LogP contribution is 2.22. The molecule has 1 rings (SSSR count). The average Bonchev–Trinajstić information content (AvgIpc) is 2.29. The summed E-state index contributed by atoms with van der Waals surface area (Å²) in [4.78, 5) is 12.3. The number of methoxy groups -OCH3 is 1. The van der Waals surface area contributed by atoms with E-state index in [1.54, 1.807) is 25.3 Å². The van der Waals surface area contributed by atoms with Crippen LogP contribution in [-0.4, -0.2) is 24.4 Å². The van der Waals surface area contributed by atoms with Gasteiger partial charge in [0.15, 0.2) is 0 Å². The first-order chi connectivity index (χ1) is 8.04. The van der Waals surface area contributed by atoms with Crippen LogP contribution < -0.4 is 10.1 Å². The zero-order valence-corrected chi connectivity index (χ0v) is 13.0. The number of rotatable bonds is 5. The Hall–Kier alpha value is -0.550. The molecule has 0 aliphatic heterocycles. The van der Waals surface area contributed by atoms with E-state index in [2.05, 4.69) is 37.2 Å². The van der Waals surface area contributed by atoms with Crippen molar-refractivity contribution in [3.05, 3.63) is 28.2 Å². The Morgan fingerprint density at radius 3 is 2.82 bits per heavy atom. The van der Waals surface area contributed by atoms with Crippen molar-refractivity contribution in [2.24, 2.45) is 0 Å². The van der Waals surface area contributed by atoms with E-state index < -0.39 is 0 Å². The van der Waals surface area contributed by atoms with E-state index in [0.717, 1.165) is 10.9 Å². The lowest BCUT2D eigenvalue weighted by Gasteiger charge is -2.09. The molecule has 0 fully saturated rings. The van der Waals surface area contributed by atoms with Gasteiger partial charge >= 0.3 is 0 Å². The second kappa shape index (κ2) is 7.01. The van der Waals surface area contributed by atoms with Gasteiger partial charge in [0, 0.05) is 15.8 Å². The van der Waals surface area contributed by atoms with Crippen LogP contribution in [0.1, 0.15) is 23.7 Å². The summed E-state index contributed by atoms with van der Waals surface area (Å²) < 4.78 is 5.86. The number of hydrogen-bond donors (Lipinski definition) is 1. The first-order valence-corrected chi connectivity index (χ1v) is 7.01. The summed E-state index contributed by atoms with van der Waals surface area (Å²) in [5, 5.41) is 2.87. The topological polar surface area (TPSA) is 38.3 Å². The van der Waals surface area contributed by atoms with Gasteiger partial charge in [-0.05, 0) is 40.5 Å². The van der Waals surface area contributed by atoms with Crippen molar-refractivity contribution in [3.8, 4) is 5.75 Å². The van der Waals surface area contributed by atoms with E-state index in [0.29, 0.717) is 22.7 Å². The van der Waals surface area contributed by atoms with Crippen LogP contribution in [-0.2, 0) is 0 Å². The first-order valence-electron chi connectivity index (χ1n) is 5.30. The van der Waals surface area contributed by atoms with Gasteiger partial charge in [0.2, 0.25) is 0 Å². The second-order valence-corrected chi connectivity index (χ2v) is 6.09.